The van der Waals surface area contributed by atoms with Crippen molar-refractivity contribution in [3.8, 4) is 5.88 Å². The molecule has 2 aromatic rings. The number of ether oxygens (including phenoxy) is 1. The Kier molecular flexibility index (Phi) is 10.4. The largest absolute Gasteiger partial charge is 0.474 e. The van der Waals surface area contributed by atoms with Crippen LogP contribution in [0.4, 0.5) is 0 Å². The van der Waals surface area contributed by atoms with E-state index in [1.54, 1.807) is 6.20 Å². The van der Waals surface area contributed by atoms with Crippen LogP contribution in [-0.4, -0.2) is 28.7 Å². The number of aromatic nitrogens is 2. The third-order valence-electron chi connectivity index (χ3n) is 5.00. The lowest BCUT2D eigenvalue weighted by molar-refractivity contribution is 0.148. The van der Waals surface area contributed by atoms with Gasteiger partial charge >= 0.3 is 0 Å². The topological polar surface area (TPSA) is 84.6 Å². The highest BCUT2D eigenvalue weighted by Gasteiger charge is 2.15. The minimum absolute atomic E-state index is 0. The monoisotopic (exact) mass is 527 g/mol. The van der Waals surface area contributed by atoms with E-state index in [4.69, 9.17) is 9.26 Å². The quantitative estimate of drug-likeness (QED) is 0.292. The molecular weight excluding hydrogens is 493 g/mol. The van der Waals surface area contributed by atoms with Gasteiger partial charge in [-0.05, 0) is 50.2 Å². The second-order valence-corrected chi connectivity index (χ2v) is 7.80. The van der Waals surface area contributed by atoms with Gasteiger partial charge in [0.2, 0.25) is 5.88 Å². The van der Waals surface area contributed by atoms with Gasteiger partial charge in [0.15, 0.2) is 11.7 Å². The highest BCUT2D eigenvalue weighted by molar-refractivity contribution is 14.0. The van der Waals surface area contributed by atoms with Gasteiger partial charge in [0.05, 0.1) is 18.8 Å². The molecule has 2 N–H and O–H groups in total. The second-order valence-electron chi connectivity index (χ2n) is 7.80. The van der Waals surface area contributed by atoms with Gasteiger partial charge in [-0.15, -0.1) is 24.0 Å². The van der Waals surface area contributed by atoms with Crippen molar-refractivity contribution < 1.29 is 9.26 Å². The summed E-state index contributed by atoms with van der Waals surface area (Å²) < 4.78 is 11.5. The van der Waals surface area contributed by atoms with Crippen LogP contribution in [0.5, 0.6) is 5.88 Å². The van der Waals surface area contributed by atoms with Crippen LogP contribution in [0.3, 0.4) is 0 Å². The molecule has 1 aliphatic rings. The van der Waals surface area contributed by atoms with E-state index < -0.39 is 0 Å². The fourth-order valence-corrected chi connectivity index (χ4v) is 3.33. The van der Waals surface area contributed by atoms with E-state index in [9.17, 15) is 0 Å². The van der Waals surface area contributed by atoms with Gasteiger partial charge in [-0.3, -0.25) is 0 Å². The van der Waals surface area contributed by atoms with Crippen LogP contribution in [-0.2, 0) is 13.1 Å². The number of halogens is 1. The van der Waals surface area contributed by atoms with Gasteiger partial charge in [0.1, 0.15) is 6.10 Å². The Balaban J connectivity index is 0.00000320. The Bertz CT molecular complexity index is 787. The molecular formula is C22H34IN5O2. The Morgan fingerprint density at radius 3 is 2.73 bits per heavy atom. The lowest BCUT2D eigenvalue weighted by Gasteiger charge is -2.22. The molecule has 0 aliphatic heterocycles. The molecule has 0 bridgehead atoms. The number of nitrogens with one attached hydrogen (secondary N) is 2. The zero-order valence-electron chi connectivity index (χ0n) is 18.2. The Labute approximate surface area is 196 Å². The van der Waals surface area contributed by atoms with E-state index in [1.807, 2.05) is 25.1 Å². The first-order valence-corrected chi connectivity index (χ1v) is 10.7. The fourth-order valence-electron chi connectivity index (χ4n) is 3.33. The summed E-state index contributed by atoms with van der Waals surface area (Å²) in [5.74, 6) is 2.59. The summed E-state index contributed by atoms with van der Waals surface area (Å²) in [7, 11) is 0. The molecule has 0 atom stereocenters. The fraction of sp³-hybridized carbons (Fsp3) is 0.591. The molecule has 1 fully saturated rings. The molecule has 0 spiro atoms. The number of hydrogen-bond donors (Lipinski definition) is 2. The zero-order valence-corrected chi connectivity index (χ0v) is 20.5. The van der Waals surface area contributed by atoms with Gasteiger partial charge in [-0.1, -0.05) is 25.4 Å². The van der Waals surface area contributed by atoms with Crippen LogP contribution in [0.25, 0.3) is 0 Å². The number of guanidine groups is 1. The molecule has 8 heteroatoms. The maximum atomic E-state index is 6.07. The Morgan fingerprint density at radius 1 is 1.23 bits per heavy atom. The predicted octanol–water partition coefficient (Wildman–Crippen LogP) is 4.78. The standard InChI is InChI=1S/C22H33N5O2.HI/c1-4-23-22(26-15-19-13-20(16(2)3)27-29-19)25-14-17-10-11-24-21(12-17)28-18-8-6-5-7-9-18;/h10-13,16,18H,4-9,14-15H2,1-3H3,(H2,23,25,26);1H. The molecule has 2 heterocycles. The van der Waals surface area contributed by atoms with E-state index in [-0.39, 0.29) is 24.0 Å². The van der Waals surface area contributed by atoms with E-state index >= 15 is 0 Å². The average molecular weight is 527 g/mol. The SMILES string of the molecule is CCNC(=NCc1ccnc(OC2CCCCC2)c1)NCc1cc(C(C)C)no1.I. The molecule has 0 unspecified atom stereocenters. The Hall–Kier alpha value is -1.84. The highest BCUT2D eigenvalue weighted by Crippen LogP contribution is 2.22. The predicted molar refractivity (Wildman–Crippen MR) is 129 cm³/mol. The first kappa shape index (κ1) is 24.4. The van der Waals surface area contributed by atoms with Crippen molar-refractivity contribution in [1.29, 1.82) is 0 Å². The summed E-state index contributed by atoms with van der Waals surface area (Å²) in [5.41, 5.74) is 2.04. The molecule has 1 aliphatic carbocycles. The molecule has 0 amide bonds. The van der Waals surface area contributed by atoms with E-state index in [0.29, 0.717) is 31.0 Å². The summed E-state index contributed by atoms with van der Waals surface area (Å²) >= 11 is 0. The smallest absolute Gasteiger partial charge is 0.213 e. The minimum Gasteiger partial charge on any atom is -0.474 e. The number of rotatable bonds is 8. The second kappa shape index (κ2) is 12.8. The first-order chi connectivity index (χ1) is 14.1. The third kappa shape index (κ3) is 7.77. The van der Waals surface area contributed by atoms with Crippen LogP contribution in [0.15, 0.2) is 33.9 Å². The number of aliphatic imine (C=N–C) groups is 1. The molecule has 2 aromatic heterocycles. The van der Waals surface area contributed by atoms with E-state index in [1.165, 1.54) is 19.3 Å². The van der Waals surface area contributed by atoms with Crippen LogP contribution in [0, 0.1) is 0 Å². The van der Waals surface area contributed by atoms with Crippen LogP contribution >= 0.6 is 24.0 Å². The number of hydrogen-bond acceptors (Lipinski definition) is 5. The molecule has 3 rings (SSSR count). The van der Waals surface area contributed by atoms with Crippen molar-refractivity contribution in [2.24, 2.45) is 4.99 Å². The number of nitrogens with zero attached hydrogens (tertiary/aromatic N) is 3. The van der Waals surface area contributed by atoms with Gasteiger partial charge in [0.25, 0.3) is 0 Å². The molecule has 30 heavy (non-hydrogen) atoms. The lowest BCUT2D eigenvalue weighted by Crippen LogP contribution is -2.36. The minimum atomic E-state index is 0. The van der Waals surface area contributed by atoms with Crippen molar-refractivity contribution in [2.45, 2.75) is 78.0 Å². The maximum absolute atomic E-state index is 6.07. The van der Waals surface area contributed by atoms with Gasteiger partial charge < -0.3 is 19.9 Å². The van der Waals surface area contributed by atoms with Crippen LogP contribution in [0.2, 0.25) is 0 Å². The molecule has 0 saturated heterocycles. The van der Waals surface area contributed by atoms with Gasteiger partial charge in [-0.2, -0.15) is 0 Å². The van der Waals surface area contributed by atoms with Crippen LogP contribution < -0.4 is 15.4 Å². The van der Waals surface area contributed by atoms with Crippen molar-refractivity contribution >= 4 is 29.9 Å². The third-order valence-corrected chi connectivity index (χ3v) is 5.00. The molecule has 1 saturated carbocycles. The van der Waals surface area contributed by atoms with Crippen molar-refractivity contribution in [3.63, 3.8) is 0 Å². The zero-order chi connectivity index (χ0) is 20.5. The van der Waals surface area contributed by atoms with Gasteiger partial charge in [0, 0.05) is 24.9 Å². The lowest BCUT2D eigenvalue weighted by atomic mass is 9.98. The molecule has 7 nitrogen and oxygen atoms in total. The summed E-state index contributed by atoms with van der Waals surface area (Å²) in [6.45, 7) is 8.12. The van der Waals surface area contributed by atoms with Gasteiger partial charge in [-0.25, -0.2) is 9.98 Å². The normalized spacial score (nSPS) is 15.0. The molecule has 0 aromatic carbocycles. The van der Waals surface area contributed by atoms with Crippen molar-refractivity contribution in [2.75, 3.05) is 6.54 Å². The maximum Gasteiger partial charge on any atom is 0.213 e. The highest BCUT2D eigenvalue weighted by atomic mass is 127. The molecule has 166 valence electrons. The summed E-state index contributed by atoms with van der Waals surface area (Å²) in [6.07, 6.45) is 8.15. The summed E-state index contributed by atoms with van der Waals surface area (Å²) in [4.78, 5) is 9.05. The molecule has 0 radical (unpaired) electrons. The van der Waals surface area contributed by atoms with Crippen LogP contribution in [0.1, 0.15) is 75.8 Å². The number of pyridine rings is 1. The summed E-state index contributed by atoms with van der Waals surface area (Å²) in [5, 5.41) is 10.7. The Morgan fingerprint density at radius 2 is 2.03 bits per heavy atom. The van der Waals surface area contributed by atoms with Crippen molar-refractivity contribution in [1.82, 2.24) is 20.8 Å². The van der Waals surface area contributed by atoms with E-state index in [2.05, 4.69) is 39.6 Å². The van der Waals surface area contributed by atoms with E-state index in [0.717, 1.165) is 42.4 Å². The average Bonchev–Trinajstić information content (AvgIpc) is 3.21. The first-order valence-electron chi connectivity index (χ1n) is 10.7. The summed E-state index contributed by atoms with van der Waals surface area (Å²) in [6, 6.07) is 5.96. The van der Waals surface area contributed by atoms with Crippen molar-refractivity contribution in [3.05, 3.63) is 41.4 Å².